The van der Waals surface area contributed by atoms with E-state index in [0.717, 1.165) is 5.56 Å². The van der Waals surface area contributed by atoms with Crippen molar-refractivity contribution in [2.24, 2.45) is 0 Å². The Kier molecular flexibility index (Phi) is 5.16. The van der Waals surface area contributed by atoms with Crippen molar-refractivity contribution in [3.8, 4) is 5.75 Å². The van der Waals surface area contributed by atoms with E-state index in [4.69, 9.17) is 4.74 Å². The van der Waals surface area contributed by atoms with Crippen LogP contribution in [0.2, 0.25) is 0 Å². The minimum atomic E-state index is -0.537. The molecule has 1 rings (SSSR count). The quantitative estimate of drug-likeness (QED) is 0.842. The standard InChI is InChI=1S/C14H21NO3/c1-9(2)15-14(17)11(4)18-13-7-5-12(6-8-13)10(3)16/h5-11,16H,1-4H3,(H,15,17)/t10-,11?/m0/s1. The molecule has 1 amide bonds. The summed E-state index contributed by atoms with van der Waals surface area (Å²) in [5.41, 5.74) is 0.821. The van der Waals surface area contributed by atoms with Crippen LogP contribution in [0.1, 0.15) is 39.4 Å². The number of carbonyl (C=O) groups is 1. The molecule has 0 saturated heterocycles. The number of nitrogens with one attached hydrogen (secondary N) is 1. The zero-order chi connectivity index (χ0) is 13.7. The highest BCUT2D eigenvalue weighted by Gasteiger charge is 2.15. The molecule has 0 radical (unpaired) electrons. The summed E-state index contributed by atoms with van der Waals surface area (Å²) < 4.78 is 5.52. The molecular formula is C14H21NO3. The van der Waals surface area contributed by atoms with Crippen molar-refractivity contribution in [2.45, 2.75) is 45.9 Å². The summed E-state index contributed by atoms with van der Waals surface area (Å²) in [7, 11) is 0. The Hall–Kier alpha value is -1.55. The molecule has 4 nitrogen and oxygen atoms in total. The number of ether oxygens (including phenoxy) is 1. The van der Waals surface area contributed by atoms with Crippen LogP contribution in [-0.4, -0.2) is 23.2 Å². The maximum atomic E-state index is 11.7. The molecule has 1 aromatic rings. The van der Waals surface area contributed by atoms with E-state index >= 15 is 0 Å². The first kappa shape index (κ1) is 14.5. The maximum absolute atomic E-state index is 11.7. The summed E-state index contributed by atoms with van der Waals surface area (Å²) in [6.07, 6.45) is -1.04. The number of benzene rings is 1. The number of aliphatic hydroxyl groups excluding tert-OH is 1. The molecule has 0 aliphatic carbocycles. The number of aliphatic hydroxyl groups is 1. The van der Waals surface area contributed by atoms with E-state index in [1.54, 1.807) is 38.1 Å². The average molecular weight is 251 g/mol. The van der Waals surface area contributed by atoms with Crippen LogP contribution < -0.4 is 10.1 Å². The number of hydrogen-bond donors (Lipinski definition) is 2. The predicted octanol–water partition coefficient (Wildman–Crippen LogP) is 2.03. The van der Waals surface area contributed by atoms with Crippen molar-refractivity contribution in [3.05, 3.63) is 29.8 Å². The van der Waals surface area contributed by atoms with Gasteiger partial charge < -0.3 is 15.2 Å². The van der Waals surface area contributed by atoms with Gasteiger partial charge in [0.25, 0.3) is 5.91 Å². The van der Waals surface area contributed by atoms with Crippen molar-refractivity contribution < 1.29 is 14.6 Å². The third-order valence-corrected chi connectivity index (χ3v) is 2.48. The fourth-order valence-corrected chi connectivity index (χ4v) is 1.48. The van der Waals surface area contributed by atoms with Crippen LogP contribution in [0.15, 0.2) is 24.3 Å². The highest BCUT2D eigenvalue weighted by molar-refractivity contribution is 5.80. The van der Waals surface area contributed by atoms with E-state index in [-0.39, 0.29) is 11.9 Å². The number of carbonyl (C=O) groups excluding carboxylic acids is 1. The van der Waals surface area contributed by atoms with Gasteiger partial charge in [0.05, 0.1) is 6.10 Å². The molecule has 18 heavy (non-hydrogen) atoms. The van der Waals surface area contributed by atoms with E-state index < -0.39 is 12.2 Å². The molecule has 2 atom stereocenters. The zero-order valence-electron chi connectivity index (χ0n) is 11.3. The first-order valence-corrected chi connectivity index (χ1v) is 6.15. The van der Waals surface area contributed by atoms with E-state index in [2.05, 4.69) is 5.32 Å². The summed E-state index contributed by atoms with van der Waals surface area (Å²) in [5.74, 6) is 0.482. The van der Waals surface area contributed by atoms with Gasteiger partial charge in [0.2, 0.25) is 0 Å². The lowest BCUT2D eigenvalue weighted by Crippen LogP contribution is -2.40. The highest BCUT2D eigenvalue weighted by Crippen LogP contribution is 2.18. The van der Waals surface area contributed by atoms with Gasteiger partial charge >= 0.3 is 0 Å². The summed E-state index contributed by atoms with van der Waals surface area (Å²) in [5, 5.41) is 12.2. The van der Waals surface area contributed by atoms with Gasteiger partial charge in [-0.2, -0.15) is 0 Å². The van der Waals surface area contributed by atoms with Gasteiger partial charge in [-0.25, -0.2) is 0 Å². The Balaban J connectivity index is 2.59. The van der Waals surface area contributed by atoms with Gasteiger partial charge in [-0.1, -0.05) is 12.1 Å². The summed E-state index contributed by atoms with van der Waals surface area (Å²) >= 11 is 0. The normalized spacial score (nSPS) is 14.1. The predicted molar refractivity (Wildman–Crippen MR) is 70.4 cm³/mol. The average Bonchev–Trinajstić information content (AvgIpc) is 2.28. The molecule has 100 valence electrons. The Morgan fingerprint density at radius 1 is 1.17 bits per heavy atom. The van der Waals surface area contributed by atoms with Gasteiger partial charge in [0.15, 0.2) is 6.10 Å². The first-order chi connectivity index (χ1) is 8.40. The van der Waals surface area contributed by atoms with Crippen molar-refractivity contribution in [3.63, 3.8) is 0 Å². The Labute approximate surface area is 108 Å². The largest absolute Gasteiger partial charge is 0.481 e. The van der Waals surface area contributed by atoms with Crippen LogP contribution in [-0.2, 0) is 4.79 Å². The molecular weight excluding hydrogens is 230 g/mol. The molecule has 4 heteroatoms. The monoisotopic (exact) mass is 251 g/mol. The van der Waals surface area contributed by atoms with Crippen molar-refractivity contribution in [1.29, 1.82) is 0 Å². The van der Waals surface area contributed by atoms with E-state index in [1.165, 1.54) is 0 Å². The first-order valence-electron chi connectivity index (χ1n) is 6.15. The Morgan fingerprint density at radius 2 is 1.72 bits per heavy atom. The van der Waals surface area contributed by atoms with E-state index in [9.17, 15) is 9.90 Å². The molecule has 1 unspecified atom stereocenters. The lowest BCUT2D eigenvalue weighted by Gasteiger charge is -2.16. The highest BCUT2D eigenvalue weighted by atomic mass is 16.5. The topological polar surface area (TPSA) is 58.6 Å². The molecule has 0 saturated carbocycles. The van der Waals surface area contributed by atoms with Crippen LogP contribution in [0.3, 0.4) is 0 Å². The number of hydrogen-bond acceptors (Lipinski definition) is 3. The molecule has 0 fully saturated rings. The van der Waals surface area contributed by atoms with Crippen LogP contribution in [0.5, 0.6) is 5.75 Å². The molecule has 0 bridgehead atoms. The maximum Gasteiger partial charge on any atom is 0.260 e. The van der Waals surface area contributed by atoms with Gasteiger partial charge in [-0.05, 0) is 45.4 Å². The van der Waals surface area contributed by atoms with Crippen LogP contribution >= 0.6 is 0 Å². The molecule has 0 heterocycles. The number of rotatable bonds is 5. The van der Waals surface area contributed by atoms with Gasteiger partial charge in [-0.15, -0.1) is 0 Å². The van der Waals surface area contributed by atoms with Crippen molar-refractivity contribution in [2.75, 3.05) is 0 Å². The number of amides is 1. The van der Waals surface area contributed by atoms with Crippen LogP contribution in [0, 0.1) is 0 Å². The second-order valence-corrected chi connectivity index (χ2v) is 4.67. The molecule has 0 aliphatic heterocycles. The molecule has 0 aromatic heterocycles. The summed E-state index contributed by atoms with van der Waals surface area (Å²) in [6, 6.07) is 7.17. The van der Waals surface area contributed by atoms with E-state index in [1.807, 2.05) is 13.8 Å². The van der Waals surface area contributed by atoms with Crippen molar-refractivity contribution >= 4 is 5.91 Å². The van der Waals surface area contributed by atoms with Gasteiger partial charge in [0, 0.05) is 6.04 Å². The molecule has 0 spiro atoms. The smallest absolute Gasteiger partial charge is 0.260 e. The minimum absolute atomic E-state index is 0.0983. The second kappa shape index (κ2) is 6.40. The Bertz CT molecular complexity index is 385. The molecule has 1 aromatic carbocycles. The van der Waals surface area contributed by atoms with Crippen molar-refractivity contribution in [1.82, 2.24) is 5.32 Å². The lowest BCUT2D eigenvalue weighted by molar-refractivity contribution is -0.127. The summed E-state index contributed by atoms with van der Waals surface area (Å²) in [6.45, 7) is 7.22. The molecule has 2 N–H and O–H groups in total. The van der Waals surface area contributed by atoms with Gasteiger partial charge in [-0.3, -0.25) is 4.79 Å². The van der Waals surface area contributed by atoms with Crippen LogP contribution in [0.25, 0.3) is 0 Å². The lowest BCUT2D eigenvalue weighted by atomic mass is 10.1. The second-order valence-electron chi connectivity index (χ2n) is 4.67. The summed E-state index contributed by atoms with van der Waals surface area (Å²) in [4.78, 5) is 11.7. The van der Waals surface area contributed by atoms with Crippen LogP contribution in [0.4, 0.5) is 0 Å². The van der Waals surface area contributed by atoms with Gasteiger partial charge in [0.1, 0.15) is 5.75 Å². The zero-order valence-corrected chi connectivity index (χ0v) is 11.3. The third-order valence-electron chi connectivity index (χ3n) is 2.48. The molecule has 0 aliphatic rings. The third kappa shape index (κ3) is 4.37. The fourth-order valence-electron chi connectivity index (χ4n) is 1.48. The van der Waals surface area contributed by atoms with E-state index in [0.29, 0.717) is 5.75 Å². The fraction of sp³-hybridized carbons (Fsp3) is 0.500. The minimum Gasteiger partial charge on any atom is -0.481 e. The Morgan fingerprint density at radius 3 is 2.17 bits per heavy atom. The SMILES string of the molecule is CC(C)NC(=O)C(C)Oc1ccc([C@H](C)O)cc1.